The molecule has 2 N–H and O–H groups in total. The fourth-order valence-electron chi connectivity index (χ4n) is 3.69. The Labute approximate surface area is 190 Å². The number of thiol groups is 1. The van der Waals surface area contributed by atoms with Gasteiger partial charge in [-0.1, -0.05) is 38.1 Å². The fourth-order valence-corrected chi connectivity index (χ4v) is 3.96. The summed E-state index contributed by atoms with van der Waals surface area (Å²) in [6.45, 7) is 10.6. The molecule has 0 aliphatic carbocycles. The van der Waals surface area contributed by atoms with Crippen molar-refractivity contribution in [2.75, 3.05) is 6.54 Å². The Hall–Kier alpha value is -1.92. The molecule has 0 saturated heterocycles. The van der Waals surface area contributed by atoms with Crippen molar-refractivity contribution >= 4 is 18.5 Å². The van der Waals surface area contributed by atoms with Gasteiger partial charge in [0, 0.05) is 36.4 Å². The van der Waals surface area contributed by atoms with E-state index in [1.165, 1.54) is 30.2 Å². The summed E-state index contributed by atoms with van der Waals surface area (Å²) in [7, 11) is 0. The van der Waals surface area contributed by atoms with Crippen molar-refractivity contribution in [3.05, 3.63) is 70.8 Å². The lowest BCUT2D eigenvalue weighted by atomic mass is 9.90. The number of carbonyl (C=O) groups excluding carboxylic acids is 1. The van der Waals surface area contributed by atoms with E-state index < -0.39 is 11.6 Å². The summed E-state index contributed by atoms with van der Waals surface area (Å²) in [6.07, 6.45) is 1.31. The normalized spacial score (nSPS) is 13.8. The van der Waals surface area contributed by atoms with Crippen LogP contribution >= 0.6 is 12.6 Å². The highest BCUT2D eigenvalue weighted by Crippen LogP contribution is 2.23. The summed E-state index contributed by atoms with van der Waals surface area (Å²) in [5.74, 6) is -0.888. The molecule has 170 valence electrons. The third-order valence-corrected chi connectivity index (χ3v) is 5.82. The Morgan fingerprint density at radius 1 is 1.03 bits per heavy atom. The topological polar surface area (TPSA) is 41.1 Å². The molecule has 0 bridgehead atoms. The van der Waals surface area contributed by atoms with Crippen molar-refractivity contribution in [1.82, 2.24) is 10.6 Å². The van der Waals surface area contributed by atoms with Crippen LogP contribution in [0.5, 0.6) is 0 Å². The number of amides is 1. The van der Waals surface area contributed by atoms with Crippen molar-refractivity contribution in [3.8, 4) is 0 Å². The summed E-state index contributed by atoms with van der Waals surface area (Å²) in [6, 6.07) is 11.6. The highest BCUT2D eigenvalue weighted by atomic mass is 32.1. The molecule has 1 amide bonds. The Bertz CT molecular complexity index is 865. The van der Waals surface area contributed by atoms with Gasteiger partial charge >= 0.3 is 0 Å². The monoisotopic (exact) mass is 448 g/mol. The predicted molar refractivity (Wildman–Crippen MR) is 126 cm³/mol. The molecule has 1 unspecified atom stereocenters. The molecular formula is C25H34F2N2OS. The summed E-state index contributed by atoms with van der Waals surface area (Å²) in [5.41, 5.74) is 2.65. The Morgan fingerprint density at radius 2 is 1.68 bits per heavy atom. The summed E-state index contributed by atoms with van der Waals surface area (Å²) in [5, 5.41) is 6.16. The van der Waals surface area contributed by atoms with Gasteiger partial charge in [-0.25, -0.2) is 8.78 Å². The molecule has 0 aliphatic rings. The molecule has 0 heterocycles. The van der Waals surface area contributed by atoms with Crippen LogP contribution in [0.1, 0.15) is 51.3 Å². The van der Waals surface area contributed by atoms with Crippen LogP contribution in [-0.4, -0.2) is 23.7 Å². The number of hydrogen-bond acceptors (Lipinski definition) is 3. The Kier molecular flexibility index (Phi) is 9.07. The number of halogens is 2. The molecule has 0 fully saturated rings. The van der Waals surface area contributed by atoms with E-state index in [9.17, 15) is 13.6 Å². The molecule has 0 radical (unpaired) electrons. The average molecular weight is 449 g/mol. The fraction of sp³-hybridized carbons (Fsp3) is 0.480. The highest BCUT2D eigenvalue weighted by Gasteiger charge is 2.25. The van der Waals surface area contributed by atoms with Crippen molar-refractivity contribution in [3.63, 3.8) is 0 Å². The van der Waals surface area contributed by atoms with Gasteiger partial charge in [-0.15, -0.1) is 0 Å². The maximum Gasteiger partial charge on any atom is 0.217 e. The van der Waals surface area contributed by atoms with E-state index >= 15 is 0 Å². The van der Waals surface area contributed by atoms with E-state index in [1.807, 2.05) is 0 Å². The molecule has 6 heteroatoms. The largest absolute Gasteiger partial charge is 0.352 e. The van der Waals surface area contributed by atoms with Gasteiger partial charge in [0.2, 0.25) is 5.91 Å². The molecule has 31 heavy (non-hydrogen) atoms. The second-order valence-electron chi connectivity index (χ2n) is 9.16. The first-order valence-corrected chi connectivity index (χ1v) is 11.2. The van der Waals surface area contributed by atoms with Gasteiger partial charge < -0.3 is 10.6 Å². The van der Waals surface area contributed by atoms with E-state index in [1.54, 1.807) is 0 Å². The number of benzene rings is 2. The molecule has 2 aromatic carbocycles. The Balaban J connectivity index is 2.10. The van der Waals surface area contributed by atoms with Crippen LogP contribution < -0.4 is 10.6 Å². The quantitative estimate of drug-likeness (QED) is 0.446. The third-order valence-electron chi connectivity index (χ3n) is 5.28. The third kappa shape index (κ3) is 8.26. The number of nitrogens with one attached hydrogen (secondary N) is 2. The molecule has 0 saturated carbocycles. The number of hydrogen-bond donors (Lipinski definition) is 3. The van der Waals surface area contributed by atoms with Crippen LogP contribution in [0.3, 0.4) is 0 Å². The standard InChI is InChI=1S/C25H34F2N2OS/c1-16(2)9-18-7-6-8-20(10-18)25(4,5)28-15-24(31)23(29-17(3)30)13-19-11-21(26)14-22(27)12-19/h6-8,10-12,14,16,23-24,28,31H,9,13,15H2,1-5H3,(H,29,30)/t23?,24-/m1/s1. The molecule has 2 aromatic rings. The maximum atomic E-state index is 13.6. The number of carbonyl (C=O) groups is 1. The van der Waals surface area contributed by atoms with E-state index in [2.05, 4.69) is 62.6 Å². The minimum atomic E-state index is -0.632. The second kappa shape index (κ2) is 11.1. The van der Waals surface area contributed by atoms with Crippen LogP contribution in [0.2, 0.25) is 0 Å². The minimum absolute atomic E-state index is 0.207. The first-order valence-electron chi connectivity index (χ1n) is 10.7. The van der Waals surface area contributed by atoms with E-state index in [4.69, 9.17) is 12.6 Å². The lowest BCUT2D eigenvalue weighted by Crippen LogP contribution is -2.49. The molecule has 2 atom stereocenters. The first kappa shape index (κ1) is 25.3. The van der Waals surface area contributed by atoms with Gasteiger partial charge in [-0.05, 0) is 61.4 Å². The predicted octanol–water partition coefficient (Wildman–Crippen LogP) is 5.03. The van der Waals surface area contributed by atoms with Gasteiger partial charge in [0.05, 0.1) is 0 Å². The summed E-state index contributed by atoms with van der Waals surface area (Å²) < 4.78 is 27.2. The van der Waals surface area contributed by atoms with E-state index in [-0.39, 0.29) is 29.2 Å². The second-order valence-corrected chi connectivity index (χ2v) is 9.82. The van der Waals surface area contributed by atoms with Crippen molar-refractivity contribution in [1.29, 1.82) is 0 Å². The average Bonchev–Trinajstić information content (AvgIpc) is 2.64. The van der Waals surface area contributed by atoms with Gasteiger partial charge in [0.15, 0.2) is 0 Å². The van der Waals surface area contributed by atoms with E-state index in [0.29, 0.717) is 18.0 Å². The lowest BCUT2D eigenvalue weighted by molar-refractivity contribution is -0.119. The van der Waals surface area contributed by atoms with Crippen molar-refractivity contribution in [2.45, 2.75) is 64.3 Å². The Morgan fingerprint density at radius 3 is 2.26 bits per heavy atom. The van der Waals surface area contributed by atoms with Crippen molar-refractivity contribution < 1.29 is 13.6 Å². The van der Waals surface area contributed by atoms with Crippen LogP contribution in [-0.2, 0) is 23.2 Å². The molecule has 2 rings (SSSR count). The molecule has 0 spiro atoms. The lowest BCUT2D eigenvalue weighted by Gasteiger charge is -2.32. The van der Waals surface area contributed by atoms with Crippen LogP contribution in [0.15, 0.2) is 42.5 Å². The smallest absolute Gasteiger partial charge is 0.217 e. The van der Waals surface area contributed by atoms with Gasteiger partial charge in [0.1, 0.15) is 11.6 Å². The van der Waals surface area contributed by atoms with E-state index in [0.717, 1.165) is 12.5 Å². The van der Waals surface area contributed by atoms with Crippen LogP contribution in [0.4, 0.5) is 8.78 Å². The number of rotatable bonds is 10. The summed E-state index contributed by atoms with van der Waals surface area (Å²) in [4.78, 5) is 11.7. The molecule has 0 aliphatic heterocycles. The highest BCUT2D eigenvalue weighted by molar-refractivity contribution is 7.81. The molecule has 3 nitrogen and oxygen atoms in total. The first-order chi connectivity index (χ1) is 14.5. The van der Waals surface area contributed by atoms with Gasteiger partial charge in [0.25, 0.3) is 0 Å². The van der Waals surface area contributed by atoms with Crippen molar-refractivity contribution in [2.24, 2.45) is 5.92 Å². The zero-order valence-corrected chi connectivity index (χ0v) is 19.9. The SMILES string of the molecule is CC(=O)NC(Cc1cc(F)cc(F)c1)[C@H](S)CNC(C)(C)c1cccc(CC(C)C)c1. The zero-order valence-electron chi connectivity index (χ0n) is 19.0. The van der Waals surface area contributed by atoms with Crippen LogP contribution in [0.25, 0.3) is 0 Å². The van der Waals surface area contributed by atoms with Gasteiger partial charge in [-0.3, -0.25) is 4.79 Å². The van der Waals surface area contributed by atoms with Gasteiger partial charge in [-0.2, -0.15) is 12.6 Å². The maximum absolute atomic E-state index is 13.6. The van der Waals surface area contributed by atoms with Crippen LogP contribution in [0, 0.1) is 17.6 Å². The molecule has 0 aromatic heterocycles. The zero-order chi connectivity index (χ0) is 23.2. The summed E-state index contributed by atoms with van der Waals surface area (Å²) >= 11 is 4.71. The molecular weight excluding hydrogens is 414 g/mol. The minimum Gasteiger partial charge on any atom is -0.352 e.